The average Bonchev–Trinajstić information content (AvgIpc) is 3.32. The SMILES string of the molecule is CCNC(=NCc1coc(-c2cccs2)n1)NCCN1CCCCC1. The van der Waals surface area contributed by atoms with Crippen LogP contribution in [0.2, 0.25) is 0 Å². The molecule has 0 amide bonds. The molecule has 1 saturated heterocycles. The standard InChI is InChI=1S/C18H27N5OS/c1-2-19-18(20-8-11-23-9-4-3-5-10-23)21-13-15-14-24-17(22-15)16-7-6-12-25-16/h6-7,12,14H,2-5,8-11,13H2,1H3,(H2,19,20,21). The Hall–Kier alpha value is -1.86. The number of aliphatic imine (C=N–C) groups is 1. The van der Waals surface area contributed by atoms with Gasteiger partial charge in [-0.05, 0) is 44.3 Å². The number of aromatic nitrogens is 1. The van der Waals surface area contributed by atoms with E-state index in [1.807, 2.05) is 17.5 Å². The summed E-state index contributed by atoms with van der Waals surface area (Å²) in [6.45, 7) is 7.84. The third kappa shape index (κ3) is 5.57. The summed E-state index contributed by atoms with van der Waals surface area (Å²) in [7, 11) is 0. The Morgan fingerprint density at radius 1 is 1.32 bits per heavy atom. The molecule has 0 spiro atoms. The van der Waals surface area contributed by atoms with Crippen LogP contribution < -0.4 is 10.6 Å². The second kappa shape index (κ2) is 9.58. The van der Waals surface area contributed by atoms with E-state index in [9.17, 15) is 0 Å². The van der Waals surface area contributed by atoms with Crippen LogP contribution in [0.3, 0.4) is 0 Å². The maximum Gasteiger partial charge on any atom is 0.236 e. The number of nitrogens with one attached hydrogen (secondary N) is 2. The minimum absolute atomic E-state index is 0.508. The summed E-state index contributed by atoms with van der Waals surface area (Å²) in [5.41, 5.74) is 0.844. The Bertz CT molecular complexity index is 646. The first kappa shape index (κ1) is 17.9. The lowest BCUT2D eigenvalue weighted by Gasteiger charge is -2.26. The number of rotatable bonds is 7. The Morgan fingerprint density at radius 2 is 2.20 bits per heavy atom. The maximum absolute atomic E-state index is 5.54. The van der Waals surface area contributed by atoms with Crippen molar-refractivity contribution in [1.82, 2.24) is 20.5 Å². The monoisotopic (exact) mass is 361 g/mol. The second-order valence-corrected chi connectivity index (χ2v) is 7.09. The molecule has 0 bridgehead atoms. The summed E-state index contributed by atoms with van der Waals surface area (Å²) in [6.07, 6.45) is 5.72. The van der Waals surface area contributed by atoms with Gasteiger partial charge in [0.05, 0.1) is 11.4 Å². The van der Waals surface area contributed by atoms with Crippen LogP contribution in [0.4, 0.5) is 0 Å². The summed E-state index contributed by atoms with van der Waals surface area (Å²) in [4.78, 5) is 12.7. The molecule has 7 heteroatoms. The van der Waals surface area contributed by atoms with Crippen molar-refractivity contribution in [3.05, 3.63) is 29.5 Å². The molecule has 136 valence electrons. The van der Waals surface area contributed by atoms with E-state index >= 15 is 0 Å². The lowest BCUT2D eigenvalue weighted by atomic mass is 10.1. The largest absolute Gasteiger partial charge is 0.443 e. The van der Waals surface area contributed by atoms with Crippen molar-refractivity contribution in [3.8, 4) is 10.8 Å². The molecule has 1 aliphatic rings. The third-order valence-corrected chi connectivity index (χ3v) is 5.05. The Balaban J connectivity index is 1.49. The quantitative estimate of drug-likeness (QED) is 0.586. The van der Waals surface area contributed by atoms with Crippen LogP contribution in [0.15, 0.2) is 33.2 Å². The number of hydrogen-bond acceptors (Lipinski definition) is 5. The van der Waals surface area contributed by atoms with Crippen molar-refractivity contribution < 1.29 is 4.42 Å². The van der Waals surface area contributed by atoms with Gasteiger partial charge in [0.25, 0.3) is 0 Å². The van der Waals surface area contributed by atoms with Crippen LogP contribution in [0.25, 0.3) is 10.8 Å². The molecule has 0 atom stereocenters. The van der Waals surface area contributed by atoms with Gasteiger partial charge in [-0.25, -0.2) is 9.98 Å². The number of piperidine rings is 1. The summed E-state index contributed by atoms with van der Waals surface area (Å²) in [5, 5.41) is 8.72. The molecular weight excluding hydrogens is 334 g/mol. The number of nitrogens with zero attached hydrogens (tertiary/aromatic N) is 3. The minimum atomic E-state index is 0.508. The van der Waals surface area contributed by atoms with E-state index in [4.69, 9.17) is 4.42 Å². The first-order chi connectivity index (χ1) is 12.3. The molecule has 1 aliphatic heterocycles. The Morgan fingerprint density at radius 3 is 2.96 bits per heavy atom. The number of oxazole rings is 1. The molecule has 0 radical (unpaired) electrons. The summed E-state index contributed by atoms with van der Waals surface area (Å²) >= 11 is 1.63. The van der Waals surface area contributed by atoms with Crippen LogP contribution >= 0.6 is 11.3 Å². The number of hydrogen-bond donors (Lipinski definition) is 2. The van der Waals surface area contributed by atoms with Crippen LogP contribution in [0.1, 0.15) is 31.9 Å². The van der Waals surface area contributed by atoms with E-state index in [2.05, 4.69) is 32.4 Å². The molecule has 25 heavy (non-hydrogen) atoms. The van der Waals surface area contributed by atoms with Crippen LogP contribution in [0, 0.1) is 0 Å². The van der Waals surface area contributed by atoms with Crippen LogP contribution in [-0.2, 0) is 6.54 Å². The fraction of sp³-hybridized carbons (Fsp3) is 0.556. The third-order valence-electron chi connectivity index (χ3n) is 4.20. The van der Waals surface area contributed by atoms with E-state index in [0.717, 1.165) is 36.2 Å². The van der Waals surface area contributed by atoms with Crippen molar-refractivity contribution in [1.29, 1.82) is 0 Å². The van der Waals surface area contributed by atoms with Gasteiger partial charge in [-0.3, -0.25) is 0 Å². The fourth-order valence-corrected chi connectivity index (χ4v) is 3.57. The number of thiophene rings is 1. The summed E-state index contributed by atoms with van der Waals surface area (Å²) < 4.78 is 5.54. The van der Waals surface area contributed by atoms with E-state index in [1.165, 1.54) is 32.4 Å². The van der Waals surface area contributed by atoms with Gasteiger partial charge >= 0.3 is 0 Å². The van der Waals surface area contributed by atoms with Gasteiger partial charge in [0.15, 0.2) is 5.96 Å². The smallest absolute Gasteiger partial charge is 0.236 e. The van der Waals surface area contributed by atoms with E-state index in [-0.39, 0.29) is 0 Å². The summed E-state index contributed by atoms with van der Waals surface area (Å²) in [5.74, 6) is 1.50. The zero-order valence-corrected chi connectivity index (χ0v) is 15.6. The van der Waals surface area contributed by atoms with Crippen LogP contribution in [0.5, 0.6) is 0 Å². The Labute approximate surface area is 153 Å². The topological polar surface area (TPSA) is 65.7 Å². The lowest BCUT2D eigenvalue weighted by Crippen LogP contribution is -2.42. The van der Waals surface area contributed by atoms with E-state index < -0.39 is 0 Å². The van der Waals surface area contributed by atoms with Crippen molar-refractivity contribution >= 4 is 17.3 Å². The van der Waals surface area contributed by atoms with Gasteiger partial charge in [-0.15, -0.1) is 11.3 Å². The second-order valence-electron chi connectivity index (χ2n) is 6.15. The molecule has 2 N–H and O–H groups in total. The molecule has 0 aromatic carbocycles. The highest BCUT2D eigenvalue weighted by Crippen LogP contribution is 2.23. The van der Waals surface area contributed by atoms with Crippen molar-refractivity contribution in [3.63, 3.8) is 0 Å². The highest BCUT2D eigenvalue weighted by molar-refractivity contribution is 7.13. The molecule has 3 heterocycles. The first-order valence-electron chi connectivity index (χ1n) is 9.08. The van der Waals surface area contributed by atoms with Crippen LogP contribution in [-0.4, -0.2) is 48.6 Å². The summed E-state index contributed by atoms with van der Waals surface area (Å²) in [6, 6.07) is 4.01. The molecule has 0 unspecified atom stereocenters. The molecule has 3 rings (SSSR count). The van der Waals surface area contributed by atoms with Gasteiger partial charge in [0.1, 0.15) is 12.0 Å². The molecule has 2 aromatic rings. The normalized spacial score (nSPS) is 16.1. The average molecular weight is 362 g/mol. The highest BCUT2D eigenvalue weighted by Gasteiger charge is 2.10. The highest BCUT2D eigenvalue weighted by atomic mass is 32.1. The van der Waals surface area contributed by atoms with Gasteiger partial charge in [-0.1, -0.05) is 12.5 Å². The maximum atomic E-state index is 5.54. The van der Waals surface area contributed by atoms with E-state index in [0.29, 0.717) is 12.4 Å². The van der Waals surface area contributed by atoms with Gasteiger partial charge in [0, 0.05) is 19.6 Å². The Kier molecular flexibility index (Phi) is 6.88. The van der Waals surface area contributed by atoms with Crippen molar-refractivity contribution in [2.75, 3.05) is 32.7 Å². The van der Waals surface area contributed by atoms with Gasteiger partial charge in [-0.2, -0.15) is 0 Å². The fourth-order valence-electron chi connectivity index (χ4n) is 2.91. The predicted molar refractivity (Wildman–Crippen MR) is 103 cm³/mol. The number of likely N-dealkylation sites (tertiary alicyclic amines) is 1. The molecule has 1 fully saturated rings. The lowest BCUT2D eigenvalue weighted by molar-refractivity contribution is 0.232. The van der Waals surface area contributed by atoms with Gasteiger partial charge in [0.2, 0.25) is 5.89 Å². The number of guanidine groups is 1. The molecular formula is C18H27N5OS. The minimum Gasteiger partial charge on any atom is -0.443 e. The first-order valence-corrected chi connectivity index (χ1v) is 9.96. The molecule has 0 saturated carbocycles. The molecule has 6 nitrogen and oxygen atoms in total. The molecule has 0 aliphatic carbocycles. The zero-order chi connectivity index (χ0) is 17.3. The van der Waals surface area contributed by atoms with E-state index in [1.54, 1.807) is 17.6 Å². The zero-order valence-electron chi connectivity index (χ0n) is 14.8. The van der Waals surface area contributed by atoms with Crippen molar-refractivity contribution in [2.45, 2.75) is 32.7 Å². The predicted octanol–water partition coefficient (Wildman–Crippen LogP) is 2.94. The van der Waals surface area contributed by atoms with Gasteiger partial charge < -0.3 is 20.0 Å². The van der Waals surface area contributed by atoms with Crippen molar-refractivity contribution in [2.24, 2.45) is 4.99 Å². The molecule has 2 aromatic heterocycles.